The first-order valence-electron chi connectivity index (χ1n) is 11.2. The standard InChI is InChI=1S/C25H29N3O6S/c1-17-10-12-19(13-11-17)35(32,33)28-20-15-26(24(31)34-25(2,3)4)21(16-29)22(20)27(23(28)30)14-18-8-6-5-7-9-18/h5-13,15,21-22,29H,14,16H2,1-4H3/t21-,22-/m0/s1. The number of rotatable bonds is 5. The number of fused-ring (bicyclic) bond motifs is 1. The predicted molar refractivity (Wildman–Crippen MR) is 128 cm³/mol. The van der Waals surface area contributed by atoms with Crippen LogP contribution in [0.25, 0.3) is 0 Å². The third-order valence-corrected chi connectivity index (χ3v) is 7.55. The summed E-state index contributed by atoms with van der Waals surface area (Å²) < 4.78 is 33.5. The minimum Gasteiger partial charge on any atom is -0.443 e. The third-order valence-electron chi connectivity index (χ3n) is 5.83. The zero-order valence-electron chi connectivity index (χ0n) is 20.1. The average molecular weight is 500 g/mol. The number of nitrogens with zero attached hydrogens (tertiary/aromatic N) is 3. The van der Waals surface area contributed by atoms with Crippen LogP contribution in [0.4, 0.5) is 9.59 Å². The molecule has 2 heterocycles. The van der Waals surface area contributed by atoms with Gasteiger partial charge in [0.2, 0.25) is 0 Å². The molecule has 10 heteroatoms. The summed E-state index contributed by atoms with van der Waals surface area (Å²) in [5.74, 6) is 0. The maximum atomic E-state index is 13.6. The van der Waals surface area contributed by atoms with E-state index in [1.807, 2.05) is 37.3 Å². The third kappa shape index (κ3) is 4.63. The Balaban J connectivity index is 1.80. The van der Waals surface area contributed by atoms with E-state index >= 15 is 0 Å². The molecule has 0 unspecified atom stereocenters. The number of aliphatic hydroxyl groups is 1. The summed E-state index contributed by atoms with van der Waals surface area (Å²) in [5, 5.41) is 10.2. The summed E-state index contributed by atoms with van der Waals surface area (Å²) >= 11 is 0. The van der Waals surface area contributed by atoms with Gasteiger partial charge >= 0.3 is 12.1 Å². The Bertz CT molecular complexity index is 1250. The van der Waals surface area contributed by atoms with Gasteiger partial charge in [-0.3, -0.25) is 4.90 Å². The lowest BCUT2D eigenvalue weighted by molar-refractivity contribution is 0.0183. The van der Waals surface area contributed by atoms with Crippen molar-refractivity contribution in [3.8, 4) is 0 Å². The van der Waals surface area contributed by atoms with Gasteiger partial charge in [-0.25, -0.2) is 18.0 Å². The summed E-state index contributed by atoms with van der Waals surface area (Å²) in [6.45, 7) is 6.56. The van der Waals surface area contributed by atoms with Crippen LogP contribution in [0.5, 0.6) is 0 Å². The lowest BCUT2D eigenvalue weighted by atomic mass is 10.1. The molecular formula is C25H29N3O6S. The fourth-order valence-corrected chi connectivity index (χ4v) is 5.68. The van der Waals surface area contributed by atoms with E-state index in [2.05, 4.69) is 0 Å². The van der Waals surface area contributed by atoms with E-state index < -0.39 is 46.4 Å². The largest absolute Gasteiger partial charge is 0.443 e. The van der Waals surface area contributed by atoms with Gasteiger partial charge in [-0.05, 0) is 45.4 Å². The van der Waals surface area contributed by atoms with Gasteiger partial charge in [-0.2, -0.15) is 4.31 Å². The zero-order valence-corrected chi connectivity index (χ0v) is 20.9. The fourth-order valence-electron chi connectivity index (χ4n) is 4.24. The number of hydrogen-bond acceptors (Lipinski definition) is 6. The lowest BCUT2D eigenvalue weighted by Crippen LogP contribution is -2.50. The predicted octanol–water partition coefficient (Wildman–Crippen LogP) is 3.44. The second kappa shape index (κ2) is 9.01. The molecule has 3 amide bonds. The number of aryl methyl sites for hydroxylation is 1. The van der Waals surface area contributed by atoms with E-state index in [0.29, 0.717) is 0 Å². The molecule has 2 aliphatic rings. The van der Waals surface area contributed by atoms with Crippen molar-refractivity contribution in [3.05, 3.63) is 77.6 Å². The van der Waals surface area contributed by atoms with Gasteiger partial charge in [0, 0.05) is 12.7 Å². The number of ether oxygens (including phenoxy) is 1. The molecule has 35 heavy (non-hydrogen) atoms. The zero-order chi connectivity index (χ0) is 25.5. The van der Waals surface area contributed by atoms with E-state index in [0.717, 1.165) is 15.4 Å². The second-order valence-electron chi connectivity index (χ2n) is 9.61. The summed E-state index contributed by atoms with van der Waals surface area (Å²) in [7, 11) is -4.29. The van der Waals surface area contributed by atoms with E-state index in [1.54, 1.807) is 32.9 Å². The van der Waals surface area contributed by atoms with Crippen LogP contribution in [0.15, 0.2) is 71.4 Å². The summed E-state index contributed by atoms with van der Waals surface area (Å²) in [4.78, 5) is 29.0. The van der Waals surface area contributed by atoms with E-state index in [-0.39, 0.29) is 17.1 Å². The molecule has 4 rings (SSSR count). The molecule has 0 aliphatic carbocycles. The Labute approximate surface area is 205 Å². The van der Waals surface area contributed by atoms with Crippen molar-refractivity contribution < 1.29 is 27.9 Å². The smallest absolute Gasteiger partial charge is 0.414 e. The van der Waals surface area contributed by atoms with Gasteiger partial charge in [0.15, 0.2) is 0 Å². The van der Waals surface area contributed by atoms with Crippen LogP contribution >= 0.6 is 0 Å². The van der Waals surface area contributed by atoms with E-state index in [1.165, 1.54) is 28.1 Å². The Morgan fingerprint density at radius 3 is 2.26 bits per heavy atom. The number of sulfonamides is 1. The molecule has 1 saturated heterocycles. The highest BCUT2D eigenvalue weighted by molar-refractivity contribution is 7.89. The van der Waals surface area contributed by atoms with Crippen molar-refractivity contribution in [3.63, 3.8) is 0 Å². The normalized spacial score (nSPS) is 20.2. The molecule has 0 saturated carbocycles. The van der Waals surface area contributed by atoms with Gasteiger partial charge in [-0.1, -0.05) is 48.0 Å². The van der Waals surface area contributed by atoms with Crippen LogP contribution in [0, 0.1) is 6.92 Å². The minimum atomic E-state index is -4.29. The molecule has 0 radical (unpaired) electrons. The van der Waals surface area contributed by atoms with Crippen molar-refractivity contribution >= 4 is 22.1 Å². The quantitative estimate of drug-likeness (QED) is 0.675. The molecule has 1 N–H and O–H groups in total. The number of hydrogen-bond donors (Lipinski definition) is 1. The summed E-state index contributed by atoms with van der Waals surface area (Å²) in [6.07, 6.45) is 0.562. The first-order valence-corrected chi connectivity index (χ1v) is 12.7. The van der Waals surface area contributed by atoms with Crippen LogP contribution in [-0.2, 0) is 21.3 Å². The molecule has 1 fully saturated rings. The first-order chi connectivity index (χ1) is 16.4. The summed E-state index contributed by atoms with van der Waals surface area (Å²) in [5.41, 5.74) is 0.941. The van der Waals surface area contributed by atoms with Crippen LogP contribution in [0.3, 0.4) is 0 Å². The van der Waals surface area contributed by atoms with Gasteiger partial charge in [0.05, 0.1) is 23.2 Å². The Morgan fingerprint density at radius 2 is 1.69 bits per heavy atom. The highest BCUT2D eigenvalue weighted by Gasteiger charge is 2.56. The molecule has 2 aliphatic heterocycles. The van der Waals surface area contributed by atoms with Crippen molar-refractivity contribution in [2.75, 3.05) is 6.61 Å². The van der Waals surface area contributed by atoms with Crippen molar-refractivity contribution in [2.24, 2.45) is 0 Å². The van der Waals surface area contributed by atoms with Crippen molar-refractivity contribution in [2.45, 2.75) is 56.8 Å². The molecule has 9 nitrogen and oxygen atoms in total. The number of amides is 3. The molecular weight excluding hydrogens is 470 g/mol. The second-order valence-corrected chi connectivity index (χ2v) is 11.4. The number of benzene rings is 2. The van der Waals surface area contributed by atoms with Gasteiger partial charge in [0.25, 0.3) is 10.0 Å². The van der Waals surface area contributed by atoms with Crippen LogP contribution in [0.2, 0.25) is 0 Å². The number of carbonyl (C=O) groups excluding carboxylic acids is 2. The monoisotopic (exact) mass is 499 g/mol. The van der Waals surface area contributed by atoms with Crippen LogP contribution in [-0.4, -0.2) is 64.0 Å². The highest BCUT2D eigenvalue weighted by atomic mass is 32.2. The van der Waals surface area contributed by atoms with Crippen LogP contribution in [0.1, 0.15) is 31.9 Å². The topological polar surface area (TPSA) is 107 Å². The number of urea groups is 1. The number of aliphatic hydroxyl groups excluding tert-OH is 1. The minimum absolute atomic E-state index is 0.0473. The highest BCUT2D eigenvalue weighted by Crippen LogP contribution is 2.41. The summed E-state index contributed by atoms with van der Waals surface area (Å²) in [6, 6.07) is 12.8. The Kier molecular flexibility index (Phi) is 6.37. The SMILES string of the molecule is Cc1ccc(S(=O)(=O)N2C(=O)N(Cc3ccccc3)[C@H]3C2=CN(C(=O)OC(C)(C)C)[C@H]3CO)cc1. The maximum absolute atomic E-state index is 13.6. The molecule has 0 bridgehead atoms. The molecule has 0 aromatic heterocycles. The van der Waals surface area contributed by atoms with Gasteiger partial charge in [-0.15, -0.1) is 0 Å². The lowest BCUT2D eigenvalue weighted by Gasteiger charge is -2.32. The Morgan fingerprint density at radius 1 is 1.06 bits per heavy atom. The van der Waals surface area contributed by atoms with E-state index in [4.69, 9.17) is 4.74 Å². The Hall–Kier alpha value is -3.37. The molecule has 186 valence electrons. The molecule has 2 aromatic carbocycles. The first kappa shape index (κ1) is 24.7. The molecule has 2 aromatic rings. The van der Waals surface area contributed by atoms with Gasteiger partial charge < -0.3 is 14.7 Å². The number of carbonyl (C=O) groups is 2. The van der Waals surface area contributed by atoms with Crippen molar-refractivity contribution in [1.82, 2.24) is 14.1 Å². The average Bonchev–Trinajstić information content (AvgIpc) is 3.28. The molecule has 0 spiro atoms. The van der Waals surface area contributed by atoms with Crippen LogP contribution < -0.4 is 0 Å². The van der Waals surface area contributed by atoms with Crippen molar-refractivity contribution in [1.29, 1.82) is 0 Å². The fraction of sp³-hybridized carbons (Fsp3) is 0.360. The molecule has 2 atom stereocenters. The maximum Gasteiger partial charge on any atom is 0.414 e. The van der Waals surface area contributed by atoms with Gasteiger partial charge in [0.1, 0.15) is 11.6 Å². The van der Waals surface area contributed by atoms with E-state index in [9.17, 15) is 23.1 Å².